The maximum atomic E-state index is 11.1. The summed E-state index contributed by atoms with van der Waals surface area (Å²) in [5.41, 5.74) is 16.7. The van der Waals surface area contributed by atoms with Gasteiger partial charge in [-0.1, -0.05) is 157 Å². The van der Waals surface area contributed by atoms with E-state index in [1.807, 2.05) is 36.5 Å². The van der Waals surface area contributed by atoms with Crippen LogP contribution in [-0.4, -0.2) is 19.6 Å². The highest BCUT2D eigenvalue weighted by molar-refractivity contribution is 6.16. The molecule has 4 aromatic heterocycles. The molecule has 0 saturated heterocycles. The lowest BCUT2D eigenvalue weighted by molar-refractivity contribution is 0.477. The van der Waals surface area contributed by atoms with Crippen molar-refractivity contribution in [1.29, 1.82) is 0 Å². The molecule has 4 heterocycles. The lowest BCUT2D eigenvalue weighted by Crippen LogP contribution is -2.16. The van der Waals surface area contributed by atoms with Crippen molar-refractivity contribution in [3.8, 4) is 67.5 Å². The van der Waals surface area contributed by atoms with E-state index in [-0.39, 0.29) is 16.6 Å². The molecular weight excluding hydrogens is 795 g/mol. The third-order valence-electron chi connectivity index (χ3n) is 12.8. The maximum absolute atomic E-state index is 11.1. The number of aromatic nitrogens is 3. The maximum Gasteiger partial charge on any atom is 0.159 e. The molecule has 11 rings (SSSR count). The zero-order valence-corrected chi connectivity index (χ0v) is 37.5. The number of benzene rings is 7. The minimum absolute atomic E-state index is 0.0487. The first-order valence-corrected chi connectivity index (χ1v) is 22.4. The molecule has 0 aliphatic carbocycles. The average molecular weight is 844 g/mol. The molecule has 316 valence electrons. The Morgan fingerprint density at radius 3 is 1.85 bits per heavy atom. The Kier molecular flexibility index (Phi) is 9.37. The minimum atomic E-state index is -0.0487. The number of fused-ring (bicyclic) bond motifs is 6. The molecule has 1 N–H and O–H groups in total. The summed E-state index contributed by atoms with van der Waals surface area (Å²) in [4.78, 5) is 10.2. The fourth-order valence-electron chi connectivity index (χ4n) is 9.34. The molecule has 0 saturated carbocycles. The molecule has 11 aromatic rings. The lowest BCUT2D eigenvalue weighted by Gasteiger charge is -2.26. The van der Waals surface area contributed by atoms with Gasteiger partial charge in [-0.2, -0.15) is 0 Å². The Hall–Kier alpha value is -7.76. The lowest BCUT2D eigenvalue weighted by atomic mass is 9.79. The molecular formula is C60H49N3O2. The standard InChI is InChI=1S/C60H49N3O2/c1-59(2,3)42-31-40(32-43(36-42)60(4,5)6)41-34-51(62-52(35-41)49-20-8-11-26-55(49)64)39-17-13-16-38(30-39)50-33-37(28-29-61-50)44-21-14-22-47-45-18-7-10-24-53(45)63(57(44)47)54-25-15-23-48-46-19-9-12-27-56(46)65-58(48)54/h7-36,64H,1-6H3. The average Bonchev–Trinajstić information content (AvgIpc) is 3.87. The third kappa shape index (κ3) is 7.05. The molecule has 0 radical (unpaired) electrons. The van der Waals surface area contributed by atoms with Crippen LogP contribution in [0.5, 0.6) is 5.75 Å². The number of rotatable bonds is 6. The van der Waals surface area contributed by atoms with Crippen LogP contribution in [0.4, 0.5) is 0 Å². The zero-order chi connectivity index (χ0) is 44.6. The predicted octanol–water partition coefficient (Wildman–Crippen LogP) is 16.1. The van der Waals surface area contributed by atoms with E-state index >= 15 is 0 Å². The Morgan fingerprint density at radius 1 is 0.462 bits per heavy atom. The van der Waals surface area contributed by atoms with Crippen molar-refractivity contribution in [2.75, 3.05) is 0 Å². The van der Waals surface area contributed by atoms with Crippen molar-refractivity contribution in [2.45, 2.75) is 52.4 Å². The summed E-state index contributed by atoms with van der Waals surface area (Å²) < 4.78 is 9.00. The molecule has 7 aromatic carbocycles. The number of para-hydroxylation sites is 5. The van der Waals surface area contributed by atoms with Crippen LogP contribution in [0.2, 0.25) is 0 Å². The van der Waals surface area contributed by atoms with Gasteiger partial charge in [0.15, 0.2) is 5.58 Å². The molecule has 0 bridgehead atoms. The minimum Gasteiger partial charge on any atom is -0.507 e. The van der Waals surface area contributed by atoms with E-state index in [0.29, 0.717) is 11.3 Å². The number of hydrogen-bond acceptors (Lipinski definition) is 4. The Bertz CT molecular complexity index is 3620. The smallest absolute Gasteiger partial charge is 0.159 e. The van der Waals surface area contributed by atoms with Gasteiger partial charge in [0.2, 0.25) is 0 Å². The van der Waals surface area contributed by atoms with Crippen LogP contribution in [0.3, 0.4) is 0 Å². The second-order valence-electron chi connectivity index (χ2n) is 19.3. The van der Waals surface area contributed by atoms with Crippen LogP contribution in [0.25, 0.3) is 105 Å². The van der Waals surface area contributed by atoms with Crippen molar-refractivity contribution in [2.24, 2.45) is 0 Å². The van der Waals surface area contributed by atoms with E-state index in [2.05, 4.69) is 186 Å². The van der Waals surface area contributed by atoms with Gasteiger partial charge in [0.05, 0.1) is 33.8 Å². The van der Waals surface area contributed by atoms with E-state index in [1.54, 1.807) is 6.07 Å². The van der Waals surface area contributed by atoms with Crippen molar-refractivity contribution < 1.29 is 9.52 Å². The SMILES string of the molecule is CC(C)(C)c1cc(-c2cc(-c3cccc(-c4cc(-c5cccc6c7ccccc7n(-c7cccc8c7oc7ccccc78)c56)ccn4)c3)nc(-c3ccccc3O)c2)cc(C(C)(C)C)c1. The zero-order valence-electron chi connectivity index (χ0n) is 37.5. The van der Waals surface area contributed by atoms with Crippen LogP contribution >= 0.6 is 0 Å². The summed E-state index contributed by atoms with van der Waals surface area (Å²) in [5, 5.41) is 15.7. The molecule has 0 spiro atoms. The predicted molar refractivity (Wildman–Crippen MR) is 270 cm³/mol. The van der Waals surface area contributed by atoms with E-state index in [0.717, 1.165) is 83.4 Å². The highest BCUT2D eigenvalue weighted by atomic mass is 16.3. The first-order valence-electron chi connectivity index (χ1n) is 22.4. The van der Waals surface area contributed by atoms with Gasteiger partial charge in [0.1, 0.15) is 11.3 Å². The van der Waals surface area contributed by atoms with Gasteiger partial charge in [-0.3, -0.25) is 4.98 Å². The number of hydrogen-bond donors (Lipinski definition) is 1. The van der Waals surface area contributed by atoms with Crippen molar-refractivity contribution in [1.82, 2.24) is 14.5 Å². The number of aromatic hydroxyl groups is 1. The molecule has 5 nitrogen and oxygen atoms in total. The number of phenols is 1. The first-order chi connectivity index (χ1) is 31.4. The van der Waals surface area contributed by atoms with Gasteiger partial charge in [-0.05, 0) is 99.3 Å². The molecule has 5 heteroatoms. The summed E-state index contributed by atoms with van der Waals surface area (Å²) in [6, 6.07) is 61.4. The first kappa shape index (κ1) is 40.0. The Morgan fingerprint density at radius 2 is 1.06 bits per heavy atom. The summed E-state index contributed by atoms with van der Waals surface area (Å²) >= 11 is 0. The van der Waals surface area contributed by atoms with Gasteiger partial charge in [0.25, 0.3) is 0 Å². The monoisotopic (exact) mass is 843 g/mol. The quantitative estimate of drug-likeness (QED) is 0.181. The van der Waals surface area contributed by atoms with Gasteiger partial charge in [-0.15, -0.1) is 0 Å². The molecule has 0 atom stereocenters. The fraction of sp³-hybridized carbons (Fsp3) is 0.133. The summed E-state index contributed by atoms with van der Waals surface area (Å²) in [6.07, 6.45) is 1.91. The number of furan rings is 1. The van der Waals surface area contributed by atoms with Crippen LogP contribution in [0, 0.1) is 0 Å². The number of nitrogens with zero attached hydrogens (tertiary/aromatic N) is 3. The van der Waals surface area contributed by atoms with E-state index < -0.39 is 0 Å². The van der Waals surface area contributed by atoms with Crippen LogP contribution in [0.15, 0.2) is 187 Å². The van der Waals surface area contributed by atoms with Gasteiger partial charge < -0.3 is 14.1 Å². The normalized spacial score (nSPS) is 12.2. The van der Waals surface area contributed by atoms with Gasteiger partial charge >= 0.3 is 0 Å². The highest BCUT2D eigenvalue weighted by Crippen LogP contribution is 2.43. The van der Waals surface area contributed by atoms with Crippen molar-refractivity contribution >= 4 is 43.7 Å². The summed E-state index contributed by atoms with van der Waals surface area (Å²) in [5.74, 6) is 0.194. The second kappa shape index (κ2) is 15.2. The van der Waals surface area contributed by atoms with Gasteiger partial charge in [0, 0.05) is 50.0 Å². The van der Waals surface area contributed by atoms with E-state index in [9.17, 15) is 5.11 Å². The second-order valence-corrected chi connectivity index (χ2v) is 19.3. The highest BCUT2D eigenvalue weighted by Gasteiger charge is 2.23. The largest absolute Gasteiger partial charge is 0.507 e. The third-order valence-corrected chi connectivity index (χ3v) is 12.8. The van der Waals surface area contributed by atoms with Gasteiger partial charge in [-0.25, -0.2) is 4.98 Å². The molecule has 0 unspecified atom stereocenters. The Balaban J connectivity index is 1.06. The van der Waals surface area contributed by atoms with E-state index in [1.165, 1.54) is 21.9 Å². The molecule has 0 aliphatic rings. The van der Waals surface area contributed by atoms with Crippen molar-refractivity contribution in [3.63, 3.8) is 0 Å². The molecule has 0 fully saturated rings. The summed E-state index contributed by atoms with van der Waals surface area (Å²) in [6.45, 7) is 13.6. The fourth-order valence-corrected chi connectivity index (χ4v) is 9.34. The number of phenolic OH excluding ortho intramolecular Hbond substituents is 1. The summed E-state index contributed by atoms with van der Waals surface area (Å²) in [7, 11) is 0. The number of pyridine rings is 2. The van der Waals surface area contributed by atoms with Crippen LogP contribution in [0.1, 0.15) is 52.7 Å². The molecule has 0 aliphatic heterocycles. The van der Waals surface area contributed by atoms with Crippen LogP contribution in [-0.2, 0) is 10.8 Å². The van der Waals surface area contributed by atoms with E-state index in [4.69, 9.17) is 14.4 Å². The van der Waals surface area contributed by atoms with Crippen LogP contribution < -0.4 is 0 Å². The molecule has 65 heavy (non-hydrogen) atoms. The molecule has 0 amide bonds. The van der Waals surface area contributed by atoms with Crippen molar-refractivity contribution in [3.05, 3.63) is 193 Å². The Labute approximate surface area is 379 Å². The topological polar surface area (TPSA) is 64.1 Å².